The Kier molecular flexibility index (Phi) is 4.26. The van der Waals surface area contributed by atoms with Crippen molar-refractivity contribution in [2.45, 2.75) is 11.1 Å². The highest BCUT2D eigenvalue weighted by atomic mass is 79.9. The fraction of sp³-hybridized carbons (Fsp3) is 0.167. The molecule has 0 aliphatic rings. The van der Waals surface area contributed by atoms with Crippen molar-refractivity contribution >= 4 is 48.7 Å². The second kappa shape index (κ2) is 5.63. The molecule has 0 aliphatic heterocycles. The van der Waals surface area contributed by atoms with E-state index < -0.39 is 10.0 Å². The molecule has 0 fully saturated rings. The lowest BCUT2D eigenvalue weighted by Crippen LogP contribution is -2.12. The van der Waals surface area contributed by atoms with Gasteiger partial charge in [-0.25, -0.2) is 8.42 Å². The van der Waals surface area contributed by atoms with Gasteiger partial charge in [-0.15, -0.1) is 11.3 Å². The zero-order valence-electron chi connectivity index (χ0n) is 10.8. The zero-order valence-corrected chi connectivity index (χ0v) is 14.0. The largest absolute Gasteiger partial charge is 0.494 e. The standard InChI is InChI=1S/C12H13BrN2O3S2/c1-7-5-11(19-12(7)13)20(16,17)15-9-4-3-8(14)6-10(9)18-2/h3-6,15H,14H2,1-2H3. The summed E-state index contributed by atoms with van der Waals surface area (Å²) >= 11 is 4.47. The molecule has 0 bridgehead atoms. The number of nitrogen functional groups attached to an aromatic ring is 1. The first-order valence-corrected chi connectivity index (χ1v) is 8.65. The summed E-state index contributed by atoms with van der Waals surface area (Å²) in [5, 5.41) is 0. The van der Waals surface area contributed by atoms with Gasteiger partial charge in [-0.3, -0.25) is 4.72 Å². The highest BCUT2D eigenvalue weighted by Crippen LogP contribution is 2.33. The van der Waals surface area contributed by atoms with Gasteiger partial charge in [0.25, 0.3) is 10.0 Å². The van der Waals surface area contributed by atoms with Gasteiger partial charge < -0.3 is 10.5 Å². The van der Waals surface area contributed by atoms with E-state index >= 15 is 0 Å². The van der Waals surface area contributed by atoms with Crippen LogP contribution in [0.3, 0.4) is 0 Å². The molecule has 20 heavy (non-hydrogen) atoms. The quantitative estimate of drug-likeness (QED) is 0.802. The van der Waals surface area contributed by atoms with Crippen LogP contribution in [-0.4, -0.2) is 15.5 Å². The van der Waals surface area contributed by atoms with Gasteiger partial charge in [-0.05, 0) is 46.6 Å². The summed E-state index contributed by atoms with van der Waals surface area (Å²) in [6.45, 7) is 1.84. The normalized spacial score (nSPS) is 11.3. The number of nitrogens with one attached hydrogen (secondary N) is 1. The third kappa shape index (κ3) is 3.08. The second-order valence-corrected chi connectivity index (χ2v) is 8.37. The van der Waals surface area contributed by atoms with Gasteiger partial charge in [0.15, 0.2) is 0 Å². The van der Waals surface area contributed by atoms with Crippen molar-refractivity contribution < 1.29 is 13.2 Å². The summed E-state index contributed by atoms with van der Waals surface area (Å²) in [5.74, 6) is 0.376. The fourth-order valence-corrected chi connectivity index (χ4v) is 4.85. The number of ether oxygens (including phenoxy) is 1. The number of sulfonamides is 1. The smallest absolute Gasteiger partial charge is 0.271 e. The first-order valence-electron chi connectivity index (χ1n) is 5.56. The Bertz CT molecular complexity index is 722. The number of aryl methyl sites for hydroxylation is 1. The van der Waals surface area contributed by atoms with Crippen molar-refractivity contribution in [3.05, 3.63) is 33.6 Å². The average Bonchev–Trinajstić information content (AvgIpc) is 2.72. The van der Waals surface area contributed by atoms with Crippen LogP contribution in [0.15, 0.2) is 32.3 Å². The molecule has 0 unspecified atom stereocenters. The van der Waals surface area contributed by atoms with Crippen LogP contribution < -0.4 is 15.2 Å². The summed E-state index contributed by atoms with van der Waals surface area (Å²) in [6.07, 6.45) is 0. The summed E-state index contributed by atoms with van der Waals surface area (Å²) in [7, 11) is -2.19. The number of benzene rings is 1. The maximum absolute atomic E-state index is 12.3. The molecule has 108 valence electrons. The predicted octanol–water partition coefficient (Wildman–Crippen LogP) is 3.21. The molecular formula is C12H13BrN2O3S2. The van der Waals surface area contributed by atoms with Gasteiger partial charge in [-0.1, -0.05) is 0 Å². The highest BCUT2D eigenvalue weighted by Gasteiger charge is 2.20. The van der Waals surface area contributed by atoms with Crippen LogP contribution in [-0.2, 0) is 10.0 Å². The lowest BCUT2D eigenvalue weighted by Gasteiger charge is -2.11. The predicted molar refractivity (Wildman–Crippen MR) is 85.0 cm³/mol. The van der Waals surface area contributed by atoms with Crippen LogP contribution >= 0.6 is 27.3 Å². The van der Waals surface area contributed by atoms with Crippen molar-refractivity contribution in [3.63, 3.8) is 0 Å². The van der Waals surface area contributed by atoms with E-state index in [-0.39, 0.29) is 4.21 Å². The number of hydrogen-bond acceptors (Lipinski definition) is 5. The van der Waals surface area contributed by atoms with E-state index in [1.165, 1.54) is 7.11 Å². The molecule has 0 aliphatic carbocycles. The number of thiophene rings is 1. The Morgan fingerprint density at radius 2 is 2.05 bits per heavy atom. The lowest BCUT2D eigenvalue weighted by molar-refractivity contribution is 0.417. The monoisotopic (exact) mass is 376 g/mol. The van der Waals surface area contributed by atoms with E-state index in [9.17, 15) is 8.42 Å². The molecule has 0 spiro atoms. The molecule has 5 nitrogen and oxygen atoms in total. The highest BCUT2D eigenvalue weighted by molar-refractivity contribution is 9.11. The molecule has 1 aromatic carbocycles. The molecule has 1 heterocycles. The fourth-order valence-electron chi connectivity index (χ4n) is 1.55. The molecule has 0 amide bonds. The van der Waals surface area contributed by atoms with Gasteiger partial charge in [0.05, 0.1) is 16.6 Å². The van der Waals surface area contributed by atoms with Crippen LogP contribution in [0, 0.1) is 6.92 Å². The second-order valence-electron chi connectivity index (χ2n) is 4.09. The number of nitrogens with two attached hydrogens (primary N) is 1. The van der Waals surface area contributed by atoms with Crippen LogP contribution in [0.1, 0.15) is 5.56 Å². The Hall–Kier alpha value is -1.25. The zero-order chi connectivity index (χ0) is 14.9. The third-order valence-corrected chi connectivity index (χ3v) is 6.55. The van der Waals surface area contributed by atoms with Crippen molar-refractivity contribution in [1.29, 1.82) is 0 Å². The van der Waals surface area contributed by atoms with Crippen molar-refractivity contribution in [2.24, 2.45) is 0 Å². The molecule has 8 heteroatoms. The van der Waals surface area contributed by atoms with Crippen LogP contribution in [0.2, 0.25) is 0 Å². The van der Waals surface area contributed by atoms with Gasteiger partial charge >= 0.3 is 0 Å². The number of rotatable bonds is 4. The van der Waals surface area contributed by atoms with E-state index in [2.05, 4.69) is 20.7 Å². The van der Waals surface area contributed by atoms with E-state index in [0.29, 0.717) is 17.1 Å². The summed E-state index contributed by atoms with van der Waals surface area (Å²) in [6, 6.07) is 6.35. The molecular weight excluding hydrogens is 364 g/mol. The van der Waals surface area contributed by atoms with Crippen molar-refractivity contribution in [3.8, 4) is 5.75 Å². The number of halogens is 1. The molecule has 0 atom stereocenters. The molecule has 1 aromatic heterocycles. The number of hydrogen-bond donors (Lipinski definition) is 2. The van der Waals surface area contributed by atoms with Crippen LogP contribution in [0.4, 0.5) is 11.4 Å². The maximum Gasteiger partial charge on any atom is 0.271 e. The summed E-state index contributed by atoms with van der Waals surface area (Å²) in [4.78, 5) is 0. The minimum absolute atomic E-state index is 0.237. The molecule has 2 aromatic rings. The van der Waals surface area contributed by atoms with E-state index in [0.717, 1.165) is 20.7 Å². The van der Waals surface area contributed by atoms with E-state index in [4.69, 9.17) is 10.5 Å². The molecule has 0 saturated carbocycles. The maximum atomic E-state index is 12.3. The Morgan fingerprint density at radius 3 is 2.60 bits per heavy atom. The van der Waals surface area contributed by atoms with Crippen molar-refractivity contribution in [1.82, 2.24) is 0 Å². The Labute approximate surface area is 129 Å². The molecule has 0 radical (unpaired) electrons. The Morgan fingerprint density at radius 1 is 1.35 bits per heavy atom. The van der Waals surface area contributed by atoms with E-state index in [1.54, 1.807) is 24.3 Å². The van der Waals surface area contributed by atoms with Gasteiger partial charge in [0.2, 0.25) is 0 Å². The van der Waals surface area contributed by atoms with E-state index in [1.807, 2.05) is 6.92 Å². The van der Waals surface area contributed by atoms with Gasteiger partial charge in [-0.2, -0.15) is 0 Å². The minimum Gasteiger partial charge on any atom is -0.494 e. The molecule has 0 saturated heterocycles. The Balaban J connectivity index is 2.38. The SMILES string of the molecule is COc1cc(N)ccc1NS(=O)(=O)c1cc(C)c(Br)s1. The number of anilines is 2. The number of methoxy groups -OCH3 is 1. The average molecular weight is 377 g/mol. The molecule has 3 N–H and O–H groups in total. The van der Waals surface area contributed by atoms with Crippen LogP contribution in [0.25, 0.3) is 0 Å². The minimum atomic E-state index is -3.64. The first kappa shape index (κ1) is 15.1. The third-order valence-electron chi connectivity index (χ3n) is 2.57. The van der Waals surface area contributed by atoms with Crippen LogP contribution in [0.5, 0.6) is 5.75 Å². The van der Waals surface area contributed by atoms with Crippen molar-refractivity contribution in [2.75, 3.05) is 17.6 Å². The van der Waals surface area contributed by atoms with Gasteiger partial charge in [0, 0.05) is 11.8 Å². The lowest BCUT2D eigenvalue weighted by atomic mass is 10.2. The first-order chi connectivity index (χ1) is 9.33. The van der Waals surface area contributed by atoms with Gasteiger partial charge in [0.1, 0.15) is 9.96 Å². The topological polar surface area (TPSA) is 81.4 Å². The summed E-state index contributed by atoms with van der Waals surface area (Å²) in [5.41, 5.74) is 7.36. The summed E-state index contributed by atoms with van der Waals surface area (Å²) < 4.78 is 33.3. The molecule has 2 rings (SSSR count).